The van der Waals surface area contributed by atoms with Crippen LogP contribution in [0.2, 0.25) is 0 Å². The van der Waals surface area contributed by atoms with Gasteiger partial charge in [-0.1, -0.05) is 118 Å². The van der Waals surface area contributed by atoms with Gasteiger partial charge in [-0.2, -0.15) is 0 Å². The van der Waals surface area contributed by atoms with Crippen LogP contribution in [0, 0.1) is 10.8 Å². The molecule has 1 rings (SSSR count). The Labute approximate surface area is 209 Å². The van der Waals surface area contributed by atoms with Gasteiger partial charge in [-0.15, -0.1) is 0 Å². The number of benzene rings is 1. The van der Waals surface area contributed by atoms with E-state index < -0.39 is 11.9 Å². The second-order valence-electron chi connectivity index (χ2n) is 11.4. The number of unbranched alkanes of at least 4 members (excludes halogenated alkanes) is 8. The lowest BCUT2D eigenvalue weighted by Gasteiger charge is -2.25. The van der Waals surface area contributed by atoms with Gasteiger partial charge in [0.2, 0.25) is 0 Å². The minimum absolute atomic E-state index is 0.0848. The Morgan fingerprint density at radius 3 is 1.32 bits per heavy atom. The Kier molecular flexibility index (Phi) is 14.2. The zero-order valence-electron chi connectivity index (χ0n) is 22.8. The predicted octanol–water partition coefficient (Wildman–Crippen LogP) is 8.77. The molecule has 0 N–H and O–H groups in total. The second-order valence-corrected chi connectivity index (χ2v) is 11.4. The average Bonchev–Trinajstić information content (AvgIpc) is 2.81. The van der Waals surface area contributed by atoms with Crippen molar-refractivity contribution in [3.63, 3.8) is 0 Å². The normalized spacial score (nSPS) is 11.9. The summed E-state index contributed by atoms with van der Waals surface area (Å²) in [5, 5.41) is 0. The van der Waals surface area contributed by atoms with E-state index in [1.807, 2.05) is 0 Å². The van der Waals surface area contributed by atoms with E-state index in [1.54, 1.807) is 24.3 Å². The molecule has 194 valence electrons. The summed E-state index contributed by atoms with van der Waals surface area (Å²) in [6.07, 6.45) is 14.3. The van der Waals surface area contributed by atoms with E-state index in [1.165, 1.54) is 51.4 Å². The highest BCUT2D eigenvalue weighted by Crippen LogP contribution is 2.27. The zero-order chi connectivity index (χ0) is 25.5. The van der Waals surface area contributed by atoms with Gasteiger partial charge >= 0.3 is 11.9 Å². The summed E-state index contributed by atoms with van der Waals surface area (Å²) < 4.78 is 11.3. The summed E-state index contributed by atoms with van der Waals surface area (Å²) in [5.41, 5.74) is 0.393. The van der Waals surface area contributed by atoms with Gasteiger partial charge in [0.15, 0.2) is 0 Å². The van der Waals surface area contributed by atoms with Crippen molar-refractivity contribution in [2.75, 3.05) is 13.2 Å². The Morgan fingerprint density at radius 2 is 0.971 bits per heavy atom. The number of carbonyl (C=O) groups is 2. The van der Waals surface area contributed by atoms with Gasteiger partial charge in [0.05, 0.1) is 24.3 Å². The number of hydrogen-bond acceptors (Lipinski definition) is 4. The number of hydrogen-bond donors (Lipinski definition) is 0. The maximum Gasteiger partial charge on any atom is 0.339 e. The molecular formula is C30H50O4. The van der Waals surface area contributed by atoms with Crippen LogP contribution in [0.25, 0.3) is 0 Å². The maximum absolute atomic E-state index is 12.8. The van der Waals surface area contributed by atoms with Crippen LogP contribution in [0.4, 0.5) is 0 Å². The largest absolute Gasteiger partial charge is 0.462 e. The molecule has 0 atom stereocenters. The van der Waals surface area contributed by atoms with Crippen LogP contribution >= 0.6 is 0 Å². The molecule has 0 heterocycles. The molecule has 4 heteroatoms. The van der Waals surface area contributed by atoms with Crippen molar-refractivity contribution in [1.29, 1.82) is 0 Å². The van der Waals surface area contributed by atoms with Crippen molar-refractivity contribution in [3.8, 4) is 0 Å². The molecule has 0 unspecified atom stereocenters. The summed E-state index contributed by atoms with van der Waals surface area (Å²) >= 11 is 0. The zero-order valence-corrected chi connectivity index (χ0v) is 22.8. The van der Waals surface area contributed by atoms with E-state index in [0.29, 0.717) is 13.2 Å². The van der Waals surface area contributed by atoms with Crippen molar-refractivity contribution in [1.82, 2.24) is 0 Å². The van der Waals surface area contributed by atoms with Crippen LogP contribution in [-0.2, 0) is 9.47 Å². The molecular weight excluding hydrogens is 424 g/mol. The van der Waals surface area contributed by atoms with Crippen molar-refractivity contribution < 1.29 is 19.1 Å². The van der Waals surface area contributed by atoms with E-state index >= 15 is 0 Å². The Morgan fingerprint density at radius 1 is 0.618 bits per heavy atom. The van der Waals surface area contributed by atoms with Crippen molar-refractivity contribution in [2.45, 2.75) is 119 Å². The van der Waals surface area contributed by atoms with Crippen LogP contribution in [-0.4, -0.2) is 25.2 Å². The molecule has 0 amide bonds. The molecule has 34 heavy (non-hydrogen) atoms. The van der Waals surface area contributed by atoms with Crippen molar-refractivity contribution >= 4 is 11.9 Å². The van der Waals surface area contributed by atoms with E-state index in [4.69, 9.17) is 9.47 Å². The van der Waals surface area contributed by atoms with E-state index in [0.717, 1.165) is 25.7 Å². The number of rotatable bonds is 18. The van der Waals surface area contributed by atoms with E-state index in [9.17, 15) is 9.59 Å². The van der Waals surface area contributed by atoms with Gasteiger partial charge in [0.1, 0.15) is 0 Å². The topological polar surface area (TPSA) is 52.6 Å². The average molecular weight is 475 g/mol. The molecule has 0 spiro atoms. The standard InChI is InChI=1S/C30H50O4/c1-7-9-11-13-17-21-29(3,4)23-33-27(31)25-19-15-16-20-26(25)28(32)34-24-30(5,6)22-18-14-12-10-8-2/h15-16,19-20H,7-14,17-18,21-24H2,1-6H3. The molecule has 0 fully saturated rings. The van der Waals surface area contributed by atoms with E-state index in [-0.39, 0.29) is 22.0 Å². The van der Waals surface area contributed by atoms with Crippen LogP contribution in [0.3, 0.4) is 0 Å². The lowest BCUT2D eigenvalue weighted by molar-refractivity contribution is 0.0280. The molecule has 4 nitrogen and oxygen atoms in total. The van der Waals surface area contributed by atoms with Gasteiger partial charge in [-0.3, -0.25) is 0 Å². The molecule has 0 saturated heterocycles. The first-order chi connectivity index (χ1) is 16.1. The van der Waals surface area contributed by atoms with Crippen LogP contribution < -0.4 is 0 Å². The summed E-state index contributed by atoms with van der Waals surface area (Å²) in [5.74, 6) is -0.913. The number of carbonyl (C=O) groups excluding carboxylic acids is 2. The SMILES string of the molecule is CCCCCCCC(C)(C)COC(=O)c1ccccc1C(=O)OCC(C)(C)CCCCCCC. The van der Waals surface area contributed by atoms with Crippen LogP contribution in [0.15, 0.2) is 24.3 Å². The highest BCUT2D eigenvalue weighted by atomic mass is 16.5. The van der Waals surface area contributed by atoms with Crippen LogP contribution in [0.5, 0.6) is 0 Å². The smallest absolute Gasteiger partial charge is 0.339 e. The molecule has 0 radical (unpaired) electrons. The highest BCUT2D eigenvalue weighted by molar-refractivity contribution is 6.03. The van der Waals surface area contributed by atoms with Crippen LogP contribution in [0.1, 0.15) is 139 Å². The predicted molar refractivity (Wildman–Crippen MR) is 141 cm³/mol. The Bertz CT molecular complexity index is 659. The first kappa shape index (κ1) is 30.2. The molecule has 0 saturated carbocycles. The van der Waals surface area contributed by atoms with Crippen molar-refractivity contribution in [3.05, 3.63) is 35.4 Å². The highest BCUT2D eigenvalue weighted by Gasteiger charge is 2.25. The quantitative estimate of drug-likeness (QED) is 0.158. The molecule has 0 bridgehead atoms. The minimum atomic E-state index is -0.457. The fraction of sp³-hybridized carbons (Fsp3) is 0.733. The third-order valence-corrected chi connectivity index (χ3v) is 6.47. The molecule has 0 aliphatic rings. The number of ether oxygens (including phenoxy) is 2. The summed E-state index contributed by atoms with van der Waals surface area (Å²) in [4.78, 5) is 25.7. The third kappa shape index (κ3) is 12.6. The fourth-order valence-corrected chi connectivity index (χ4v) is 4.08. The summed E-state index contributed by atoms with van der Waals surface area (Å²) in [6, 6.07) is 6.81. The molecule has 0 aliphatic carbocycles. The molecule has 1 aromatic rings. The molecule has 1 aromatic carbocycles. The Hall–Kier alpha value is -1.84. The van der Waals surface area contributed by atoms with Gasteiger partial charge in [0.25, 0.3) is 0 Å². The third-order valence-electron chi connectivity index (χ3n) is 6.47. The maximum atomic E-state index is 12.8. The monoisotopic (exact) mass is 474 g/mol. The van der Waals surface area contributed by atoms with Gasteiger partial charge in [-0.05, 0) is 35.8 Å². The second kappa shape index (κ2) is 15.9. The summed E-state index contributed by atoms with van der Waals surface area (Å²) in [6.45, 7) is 13.6. The Balaban J connectivity index is 2.58. The molecule has 0 aromatic heterocycles. The number of esters is 2. The fourth-order valence-electron chi connectivity index (χ4n) is 4.08. The minimum Gasteiger partial charge on any atom is -0.462 e. The van der Waals surface area contributed by atoms with E-state index in [2.05, 4.69) is 41.5 Å². The van der Waals surface area contributed by atoms with Crippen molar-refractivity contribution in [2.24, 2.45) is 10.8 Å². The van der Waals surface area contributed by atoms with Gasteiger partial charge in [0, 0.05) is 0 Å². The van der Waals surface area contributed by atoms with Gasteiger partial charge in [-0.25, -0.2) is 9.59 Å². The lowest BCUT2D eigenvalue weighted by Crippen LogP contribution is -2.25. The first-order valence-electron chi connectivity index (χ1n) is 13.5. The molecule has 0 aliphatic heterocycles. The van der Waals surface area contributed by atoms with Gasteiger partial charge < -0.3 is 9.47 Å². The first-order valence-corrected chi connectivity index (χ1v) is 13.5. The lowest BCUT2D eigenvalue weighted by atomic mass is 9.87. The summed E-state index contributed by atoms with van der Waals surface area (Å²) in [7, 11) is 0.